The molecule has 0 aliphatic heterocycles. The number of benzene rings is 3. The number of nitrogens with one attached hydrogen (secondary N) is 2. The third-order valence-electron chi connectivity index (χ3n) is 4.89. The maximum atomic E-state index is 13.0. The van der Waals surface area contributed by atoms with Gasteiger partial charge in [0, 0.05) is 6.54 Å². The first-order chi connectivity index (χ1) is 15.4. The highest BCUT2D eigenvalue weighted by Gasteiger charge is 2.26. The van der Waals surface area contributed by atoms with Crippen molar-refractivity contribution in [1.29, 1.82) is 0 Å². The summed E-state index contributed by atoms with van der Waals surface area (Å²) in [6.07, 6.45) is 0.213. The molecule has 0 aliphatic rings. The van der Waals surface area contributed by atoms with Gasteiger partial charge in [-0.05, 0) is 53.9 Å². The molecule has 0 spiro atoms. The summed E-state index contributed by atoms with van der Waals surface area (Å²) < 4.78 is 38.6. The zero-order valence-corrected chi connectivity index (χ0v) is 18.8. The highest BCUT2D eigenvalue weighted by Crippen LogP contribution is 2.17. The van der Waals surface area contributed by atoms with Crippen molar-refractivity contribution < 1.29 is 22.7 Å². The maximum Gasteiger partial charge on any atom is 0.241 e. The molecule has 0 saturated heterocycles. The van der Waals surface area contributed by atoms with Gasteiger partial charge in [0.25, 0.3) is 0 Å². The van der Waals surface area contributed by atoms with Gasteiger partial charge in [0.1, 0.15) is 17.5 Å². The van der Waals surface area contributed by atoms with Gasteiger partial charge in [0.2, 0.25) is 15.9 Å². The highest BCUT2D eigenvalue weighted by molar-refractivity contribution is 7.89. The molecule has 2 N–H and O–H groups in total. The molecule has 0 bridgehead atoms. The molecule has 8 heteroatoms. The van der Waals surface area contributed by atoms with E-state index in [0.717, 1.165) is 11.1 Å². The number of rotatable bonds is 10. The Morgan fingerprint density at radius 3 is 1.94 bits per heavy atom. The molecule has 0 fully saturated rings. The molecular weight excluding hydrogens is 428 g/mol. The smallest absolute Gasteiger partial charge is 0.241 e. The van der Waals surface area contributed by atoms with E-state index < -0.39 is 22.0 Å². The van der Waals surface area contributed by atoms with Crippen LogP contribution in [-0.4, -0.2) is 34.6 Å². The van der Waals surface area contributed by atoms with Crippen LogP contribution in [0.25, 0.3) is 0 Å². The zero-order chi connectivity index (χ0) is 23.0. The van der Waals surface area contributed by atoms with Crippen LogP contribution in [0.2, 0.25) is 0 Å². The second-order valence-electron chi connectivity index (χ2n) is 7.11. The molecule has 1 atom stereocenters. The van der Waals surface area contributed by atoms with Crippen molar-refractivity contribution in [3.8, 4) is 11.5 Å². The fourth-order valence-corrected chi connectivity index (χ4v) is 4.30. The van der Waals surface area contributed by atoms with E-state index in [1.807, 2.05) is 42.5 Å². The number of methoxy groups -OCH3 is 2. The molecule has 0 aromatic heterocycles. The minimum Gasteiger partial charge on any atom is -0.497 e. The molecule has 3 rings (SSSR count). The van der Waals surface area contributed by atoms with E-state index in [0.29, 0.717) is 11.5 Å². The molecule has 7 nitrogen and oxygen atoms in total. The number of hydrogen-bond donors (Lipinski definition) is 2. The van der Waals surface area contributed by atoms with Crippen molar-refractivity contribution >= 4 is 15.9 Å². The number of hydrogen-bond acceptors (Lipinski definition) is 5. The topological polar surface area (TPSA) is 93.7 Å². The lowest BCUT2D eigenvalue weighted by Crippen LogP contribution is -2.47. The quantitative estimate of drug-likeness (QED) is 0.491. The largest absolute Gasteiger partial charge is 0.497 e. The maximum absolute atomic E-state index is 13.0. The number of carbonyl (C=O) groups excluding carboxylic acids is 1. The Kier molecular flexibility index (Phi) is 7.86. The summed E-state index contributed by atoms with van der Waals surface area (Å²) in [5.74, 6) is 0.845. The first kappa shape index (κ1) is 23.3. The van der Waals surface area contributed by atoms with Gasteiger partial charge in [-0.25, -0.2) is 8.42 Å². The Balaban J connectivity index is 1.76. The normalized spacial score (nSPS) is 12.1. The fraction of sp³-hybridized carbons (Fsp3) is 0.208. The van der Waals surface area contributed by atoms with Gasteiger partial charge in [0.15, 0.2) is 0 Å². The molecule has 0 radical (unpaired) electrons. The average molecular weight is 455 g/mol. The summed E-state index contributed by atoms with van der Waals surface area (Å²) in [4.78, 5) is 13.0. The van der Waals surface area contributed by atoms with Crippen molar-refractivity contribution in [3.05, 3.63) is 90.0 Å². The minimum atomic E-state index is -3.92. The Morgan fingerprint density at radius 2 is 1.38 bits per heavy atom. The number of carbonyl (C=O) groups is 1. The van der Waals surface area contributed by atoms with Crippen LogP contribution in [0.3, 0.4) is 0 Å². The summed E-state index contributed by atoms with van der Waals surface area (Å²) in [6.45, 7) is 0.262. The van der Waals surface area contributed by atoms with E-state index >= 15 is 0 Å². The van der Waals surface area contributed by atoms with Crippen molar-refractivity contribution in [1.82, 2.24) is 10.0 Å². The van der Waals surface area contributed by atoms with E-state index in [4.69, 9.17) is 9.47 Å². The molecular formula is C24H26N2O5S. The van der Waals surface area contributed by atoms with Gasteiger partial charge in [-0.1, -0.05) is 42.5 Å². The van der Waals surface area contributed by atoms with Gasteiger partial charge >= 0.3 is 0 Å². The van der Waals surface area contributed by atoms with Crippen LogP contribution in [0.4, 0.5) is 0 Å². The lowest BCUT2D eigenvalue weighted by atomic mass is 10.1. The molecule has 168 valence electrons. The van der Waals surface area contributed by atoms with E-state index in [1.54, 1.807) is 31.4 Å². The number of ether oxygens (including phenoxy) is 2. The Labute approximate surface area is 188 Å². The predicted octanol–water partition coefficient (Wildman–Crippen LogP) is 2.91. The molecule has 0 saturated carbocycles. The van der Waals surface area contributed by atoms with E-state index in [1.165, 1.54) is 19.2 Å². The average Bonchev–Trinajstić information content (AvgIpc) is 2.83. The van der Waals surface area contributed by atoms with Crippen LogP contribution in [0.15, 0.2) is 83.8 Å². The number of sulfonamides is 1. The van der Waals surface area contributed by atoms with E-state index in [-0.39, 0.29) is 17.9 Å². The second-order valence-corrected chi connectivity index (χ2v) is 8.82. The minimum absolute atomic E-state index is 0.0549. The zero-order valence-electron chi connectivity index (χ0n) is 17.9. The second kappa shape index (κ2) is 10.8. The summed E-state index contributed by atoms with van der Waals surface area (Å²) in [6, 6.07) is 21.6. The van der Waals surface area contributed by atoms with Crippen LogP contribution in [-0.2, 0) is 27.8 Å². The summed E-state index contributed by atoms with van der Waals surface area (Å²) in [5, 5.41) is 2.82. The van der Waals surface area contributed by atoms with Crippen LogP contribution < -0.4 is 19.5 Å². The van der Waals surface area contributed by atoms with Gasteiger partial charge in [0.05, 0.1) is 19.1 Å². The third kappa shape index (κ3) is 6.32. The summed E-state index contributed by atoms with van der Waals surface area (Å²) in [7, 11) is -0.836. The lowest BCUT2D eigenvalue weighted by Gasteiger charge is -2.19. The summed E-state index contributed by atoms with van der Waals surface area (Å²) >= 11 is 0. The molecule has 0 aliphatic carbocycles. The van der Waals surface area contributed by atoms with Crippen molar-refractivity contribution in [2.45, 2.75) is 23.9 Å². The van der Waals surface area contributed by atoms with Crippen molar-refractivity contribution in [2.24, 2.45) is 0 Å². The van der Waals surface area contributed by atoms with Crippen LogP contribution in [0.5, 0.6) is 11.5 Å². The molecule has 0 heterocycles. The Morgan fingerprint density at radius 1 is 0.812 bits per heavy atom. The van der Waals surface area contributed by atoms with Gasteiger partial charge < -0.3 is 14.8 Å². The molecule has 3 aromatic rings. The van der Waals surface area contributed by atoms with E-state index in [2.05, 4.69) is 10.0 Å². The van der Waals surface area contributed by atoms with Crippen LogP contribution >= 0.6 is 0 Å². The first-order valence-corrected chi connectivity index (χ1v) is 11.5. The Bertz CT molecular complexity index is 1120. The highest BCUT2D eigenvalue weighted by atomic mass is 32.2. The lowest BCUT2D eigenvalue weighted by molar-refractivity contribution is -0.122. The van der Waals surface area contributed by atoms with Crippen molar-refractivity contribution in [2.75, 3.05) is 14.2 Å². The molecule has 1 amide bonds. The monoisotopic (exact) mass is 454 g/mol. The summed E-state index contributed by atoms with van der Waals surface area (Å²) in [5.41, 5.74) is 1.71. The third-order valence-corrected chi connectivity index (χ3v) is 6.38. The van der Waals surface area contributed by atoms with Gasteiger partial charge in [-0.15, -0.1) is 0 Å². The van der Waals surface area contributed by atoms with Gasteiger partial charge in [-0.2, -0.15) is 4.72 Å². The standard InChI is InChI=1S/C24H26N2O5S/c1-30-20-10-8-19(9-11-20)17-25-24(27)23(16-18-6-4-3-5-7-18)26-32(28,29)22-14-12-21(31-2)13-15-22/h3-15,23,26H,16-17H2,1-2H3,(H,25,27). The Hall–Kier alpha value is -3.36. The van der Waals surface area contributed by atoms with Crippen molar-refractivity contribution in [3.63, 3.8) is 0 Å². The van der Waals surface area contributed by atoms with Crippen LogP contribution in [0.1, 0.15) is 11.1 Å². The molecule has 32 heavy (non-hydrogen) atoms. The molecule has 1 unspecified atom stereocenters. The number of amides is 1. The predicted molar refractivity (Wildman–Crippen MR) is 122 cm³/mol. The molecule has 3 aromatic carbocycles. The van der Waals surface area contributed by atoms with Crippen LogP contribution in [0, 0.1) is 0 Å². The fourth-order valence-electron chi connectivity index (χ4n) is 3.10. The van der Waals surface area contributed by atoms with Gasteiger partial charge in [-0.3, -0.25) is 4.79 Å². The first-order valence-electron chi connectivity index (χ1n) is 10.0. The SMILES string of the molecule is COc1ccc(CNC(=O)C(Cc2ccccc2)NS(=O)(=O)c2ccc(OC)cc2)cc1. The van der Waals surface area contributed by atoms with E-state index in [9.17, 15) is 13.2 Å².